The van der Waals surface area contributed by atoms with Gasteiger partial charge in [-0.25, -0.2) is 4.98 Å². The van der Waals surface area contributed by atoms with Crippen LogP contribution < -0.4 is 0 Å². The van der Waals surface area contributed by atoms with Crippen molar-refractivity contribution in [1.29, 1.82) is 0 Å². The minimum Gasteiger partial charge on any atom is -0.327 e. The third-order valence-corrected chi connectivity index (χ3v) is 6.93. The van der Waals surface area contributed by atoms with Crippen LogP contribution in [-0.2, 0) is 7.05 Å². The minimum atomic E-state index is 1.02. The fourth-order valence-corrected chi connectivity index (χ4v) is 4.17. The summed E-state index contributed by atoms with van der Waals surface area (Å²) >= 11 is 7.39. The summed E-state index contributed by atoms with van der Waals surface area (Å²) in [4.78, 5) is 4.93. The monoisotopic (exact) mass is 434 g/mol. The Labute approximate surface area is 154 Å². The molecule has 0 atom stereocenters. The minimum absolute atomic E-state index is 1.02. The SMILES string of the molecule is Cc1cc(-c2nc3cc(Br)c(C)c(C)c3n2C)c(C)c(Br)c1C. The summed E-state index contributed by atoms with van der Waals surface area (Å²) in [6.45, 7) is 10.8. The van der Waals surface area contributed by atoms with E-state index in [0.29, 0.717) is 0 Å². The third kappa shape index (κ3) is 2.47. The van der Waals surface area contributed by atoms with Gasteiger partial charge in [-0.3, -0.25) is 0 Å². The zero-order valence-corrected chi connectivity index (χ0v) is 17.5. The van der Waals surface area contributed by atoms with Gasteiger partial charge in [-0.15, -0.1) is 0 Å². The van der Waals surface area contributed by atoms with Crippen LogP contribution in [0.4, 0.5) is 0 Å². The molecule has 0 aliphatic rings. The average Bonchev–Trinajstić information content (AvgIpc) is 2.83. The van der Waals surface area contributed by atoms with Crippen molar-refractivity contribution in [2.45, 2.75) is 34.6 Å². The second-order valence-corrected chi connectivity index (χ2v) is 7.92. The molecule has 0 saturated carbocycles. The molecule has 120 valence electrons. The van der Waals surface area contributed by atoms with Crippen molar-refractivity contribution in [2.24, 2.45) is 7.05 Å². The van der Waals surface area contributed by atoms with Crippen LogP contribution in [0.15, 0.2) is 21.1 Å². The summed E-state index contributed by atoms with van der Waals surface area (Å²) in [5.41, 5.74) is 9.77. The molecule has 3 aromatic rings. The van der Waals surface area contributed by atoms with E-state index in [2.05, 4.69) is 90.2 Å². The van der Waals surface area contributed by atoms with Crippen molar-refractivity contribution in [3.63, 3.8) is 0 Å². The zero-order chi connectivity index (χ0) is 17.0. The van der Waals surface area contributed by atoms with E-state index in [1.54, 1.807) is 0 Å². The molecule has 23 heavy (non-hydrogen) atoms. The van der Waals surface area contributed by atoms with Gasteiger partial charge in [0.15, 0.2) is 0 Å². The van der Waals surface area contributed by atoms with Crippen LogP contribution in [0, 0.1) is 34.6 Å². The van der Waals surface area contributed by atoms with Crippen LogP contribution in [0.1, 0.15) is 27.8 Å². The first-order valence-electron chi connectivity index (χ1n) is 7.62. The third-order valence-electron chi connectivity index (χ3n) is 4.92. The smallest absolute Gasteiger partial charge is 0.141 e. The first-order chi connectivity index (χ1) is 10.7. The second kappa shape index (κ2) is 5.75. The van der Waals surface area contributed by atoms with E-state index in [4.69, 9.17) is 4.98 Å². The molecular weight excluding hydrogens is 416 g/mol. The Bertz CT molecular complexity index is 952. The molecule has 0 radical (unpaired) electrons. The summed E-state index contributed by atoms with van der Waals surface area (Å²) in [7, 11) is 2.10. The fraction of sp³-hybridized carbons (Fsp3) is 0.316. The van der Waals surface area contributed by atoms with E-state index >= 15 is 0 Å². The largest absolute Gasteiger partial charge is 0.327 e. The fourth-order valence-electron chi connectivity index (χ4n) is 3.13. The molecule has 0 spiro atoms. The summed E-state index contributed by atoms with van der Waals surface area (Å²) < 4.78 is 4.51. The van der Waals surface area contributed by atoms with E-state index in [-0.39, 0.29) is 0 Å². The van der Waals surface area contributed by atoms with Gasteiger partial charge in [-0.1, -0.05) is 31.9 Å². The number of fused-ring (bicyclic) bond motifs is 1. The Morgan fingerprint density at radius 2 is 1.52 bits per heavy atom. The van der Waals surface area contributed by atoms with Crippen molar-refractivity contribution in [3.05, 3.63) is 48.9 Å². The average molecular weight is 436 g/mol. The van der Waals surface area contributed by atoms with Gasteiger partial charge in [0.25, 0.3) is 0 Å². The van der Waals surface area contributed by atoms with Crippen LogP contribution in [0.2, 0.25) is 0 Å². The number of nitrogens with zero attached hydrogens (tertiary/aromatic N) is 2. The molecule has 0 unspecified atom stereocenters. The lowest BCUT2D eigenvalue weighted by atomic mass is 10.0. The number of aryl methyl sites for hydroxylation is 3. The first-order valence-corrected chi connectivity index (χ1v) is 9.21. The maximum atomic E-state index is 4.93. The molecule has 0 bridgehead atoms. The van der Waals surface area contributed by atoms with Crippen molar-refractivity contribution >= 4 is 42.9 Å². The molecular formula is C19H20Br2N2. The van der Waals surface area contributed by atoms with Crippen LogP contribution in [-0.4, -0.2) is 9.55 Å². The van der Waals surface area contributed by atoms with Gasteiger partial charge >= 0.3 is 0 Å². The molecule has 2 nitrogen and oxygen atoms in total. The maximum absolute atomic E-state index is 4.93. The predicted molar refractivity (Wildman–Crippen MR) is 105 cm³/mol. The molecule has 0 N–H and O–H groups in total. The summed E-state index contributed by atoms with van der Waals surface area (Å²) in [6, 6.07) is 4.36. The number of rotatable bonds is 1. The Balaban J connectivity index is 2.39. The lowest BCUT2D eigenvalue weighted by Crippen LogP contribution is -1.99. The summed E-state index contributed by atoms with van der Waals surface area (Å²) in [5, 5.41) is 0. The van der Waals surface area contributed by atoms with E-state index in [1.807, 2.05) is 0 Å². The molecule has 0 fully saturated rings. The lowest BCUT2D eigenvalue weighted by molar-refractivity contribution is 0.951. The Morgan fingerprint density at radius 3 is 2.17 bits per heavy atom. The number of aromatic nitrogens is 2. The normalized spacial score (nSPS) is 11.5. The van der Waals surface area contributed by atoms with E-state index < -0.39 is 0 Å². The highest BCUT2D eigenvalue weighted by atomic mass is 79.9. The Hall–Kier alpha value is -1.13. The van der Waals surface area contributed by atoms with Crippen LogP contribution in [0.25, 0.3) is 22.4 Å². The van der Waals surface area contributed by atoms with E-state index in [0.717, 1.165) is 15.8 Å². The molecule has 0 aliphatic heterocycles. The molecule has 4 heteroatoms. The molecule has 3 rings (SSSR count). The quantitative estimate of drug-likeness (QED) is 0.438. The van der Waals surface area contributed by atoms with Crippen LogP contribution in [0.3, 0.4) is 0 Å². The second-order valence-electron chi connectivity index (χ2n) is 6.28. The summed E-state index contributed by atoms with van der Waals surface area (Å²) in [5.74, 6) is 1.02. The zero-order valence-electron chi connectivity index (χ0n) is 14.3. The molecule has 1 aromatic heterocycles. The Morgan fingerprint density at radius 1 is 0.870 bits per heavy atom. The predicted octanol–water partition coefficient (Wildman–Crippen LogP) is 6.31. The van der Waals surface area contributed by atoms with Crippen molar-refractivity contribution < 1.29 is 0 Å². The van der Waals surface area contributed by atoms with Gasteiger partial charge in [0.2, 0.25) is 0 Å². The van der Waals surface area contributed by atoms with Gasteiger partial charge in [-0.05, 0) is 74.6 Å². The lowest BCUT2D eigenvalue weighted by Gasteiger charge is -2.13. The van der Waals surface area contributed by atoms with Crippen LogP contribution in [0.5, 0.6) is 0 Å². The first kappa shape index (κ1) is 16.7. The van der Waals surface area contributed by atoms with Crippen molar-refractivity contribution in [2.75, 3.05) is 0 Å². The number of hydrogen-bond donors (Lipinski definition) is 0. The van der Waals surface area contributed by atoms with Gasteiger partial charge in [0.05, 0.1) is 11.0 Å². The van der Waals surface area contributed by atoms with Gasteiger partial charge in [0, 0.05) is 21.6 Å². The number of benzene rings is 2. The molecule has 2 aromatic carbocycles. The van der Waals surface area contributed by atoms with Crippen LogP contribution >= 0.6 is 31.9 Å². The molecule has 0 aliphatic carbocycles. The topological polar surface area (TPSA) is 17.8 Å². The van der Waals surface area contributed by atoms with E-state index in [9.17, 15) is 0 Å². The van der Waals surface area contributed by atoms with Crippen molar-refractivity contribution in [1.82, 2.24) is 9.55 Å². The van der Waals surface area contributed by atoms with E-state index in [1.165, 1.54) is 43.4 Å². The number of hydrogen-bond acceptors (Lipinski definition) is 1. The van der Waals surface area contributed by atoms with Gasteiger partial charge in [-0.2, -0.15) is 0 Å². The molecule has 0 amide bonds. The number of imidazole rings is 1. The molecule has 0 saturated heterocycles. The van der Waals surface area contributed by atoms with Crippen molar-refractivity contribution in [3.8, 4) is 11.4 Å². The standard InChI is InChI=1S/C19H20Br2N2/c1-9-7-14(13(5)17(21)10(9)2)19-22-16-8-15(20)11(3)12(4)18(16)23(19)6/h7-8H,1-6H3. The highest BCUT2D eigenvalue weighted by Gasteiger charge is 2.18. The van der Waals surface area contributed by atoms with Gasteiger partial charge in [0.1, 0.15) is 5.82 Å². The molecule has 1 heterocycles. The van der Waals surface area contributed by atoms with Gasteiger partial charge < -0.3 is 4.57 Å². The maximum Gasteiger partial charge on any atom is 0.141 e. The Kier molecular flexibility index (Phi) is 4.18. The summed E-state index contributed by atoms with van der Waals surface area (Å²) in [6.07, 6.45) is 0. The highest BCUT2D eigenvalue weighted by Crippen LogP contribution is 2.36. The highest BCUT2D eigenvalue weighted by molar-refractivity contribution is 9.10. The number of halogens is 2.